The zero-order valence-electron chi connectivity index (χ0n) is 13.4. The van der Waals surface area contributed by atoms with Gasteiger partial charge >= 0.3 is 5.97 Å². The molecular formula is C15H25N3O2S. The molecule has 1 fully saturated rings. The Hall–Kier alpha value is -1.14. The molecule has 1 aliphatic rings. The van der Waals surface area contributed by atoms with Crippen LogP contribution in [0.1, 0.15) is 35.1 Å². The lowest BCUT2D eigenvalue weighted by molar-refractivity contribution is 0.0519. The quantitative estimate of drug-likeness (QED) is 0.781. The van der Waals surface area contributed by atoms with Gasteiger partial charge in [-0.3, -0.25) is 0 Å². The van der Waals surface area contributed by atoms with Crippen LogP contribution in [0, 0.1) is 12.8 Å². The Bertz CT molecular complexity index is 481. The second-order valence-electron chi connectivity index (χ2n) is 5.75. The van der Waals surface area contributed by atoms with Crippen molar-refractivity contribution in [3.05, 3.63) is 10.6 Å². The number of anilines is 1. The average molecular weight is 311 g/mol. The average Bonchev–Trinajstić information content (AvgIpc) is 2.84. The van der Waals surface area contributed by atoms with Crippen molar-refractivity contribution in [1.29, 1.82) is 0 Å². The van der Waals surface area contributed by atoms with Gasteiger partial charge in [0.05, 0.1) is 6.61 Å². The van der Waals surface area contributed by atoms with Gasteiger partial charge in [-0.2, -0.15) is 0 Å². The van der Waals surface area contributed by atoms with Gasteiger partial charge in [-0.1, -0.05) is 0 Å². The van der Waals surface area contributed by atoms with Gasteiger partial charge < -0.3 is 14.5 Å². The zero-order valence-corrected chi connectivity index (χ0v) is 14.2. The van der Waals surface area contributed by atoms with E-state index in [1.54, 1.807) is 11.3 Å². The summed E-state index contributed by atoms with van der Waals surface area (Å²) in [4.78, 5) is 21.8. The fraction of sp³-hybridized carbons (Fsp3) is 0.733. The summed E-state index contributed by atoms with van der Waals surface area (Å²) < 4.78 is 5.04. The molecule has 0 radical (unpaired) electrons. The summed E-state index contributed by atoms with van der Waals surface area (Å²) in [7, 11) is 4.24. The van der Waals surface area contributed by atoms with E-state index in [1.807, 2.05) is 13.8 Å². The monoisotopic (exact) mass is 311 g/mol. The first kappa shape index (κ1) is 16.2. The molecule has 0 bridgehead atoms. The van der Waals surface area contributed by atoms with Gasteiger partial charge in [-0.15, -0.1) is 11.3 Å². The second kappa shape index (κ2) is 7.22. The number of carbonyl (C=O) groups excluding carboxylic acids is 1. The summed E-state index contributed by atoms with van der Waals surface area (Å²) in [6, 6.07) is 0. The normalized spacial score (nSPS) is 17.0. The van der Waals surface area contributed by atoms with Crippen LogP contribution in [0.15, 0.2) is 0 Å². The Morgan fingerprint density at radius 2 is 2.14 bits per heavy atom. The smallest absolute Gasteiger partial charge is 0.358 e. The van der Waals surface area contributed by atoms with E-state index >= 15 is 0 Å². The van der Waals surface area contributed by atoms with E-state index in [2.05, 4.69) is 28.9 Å². The topological polar surface area (TPSA) is 45.7 Å². The summed E-state index contributed by atoms with van der Waals surface area (Å²) in [5.41, 5.74) is 0.465. The fourth-order valence-electron chi connectivity index (χ4n) is 2.64. The van der Waals surface area contributed by atoms with Crippen molar-refractivity contribution in [2.24, 2.45) is 5.92 Å². The van der Waals surface area contributed by atoms with Crippen LogP contribution in [0.5, 0.6) is 0 Å². The number of hydrogen-bond acceptors (Lipinski definition) is 6. The summed E-state index contributed by atoms with van der Waals surface area (Å²) in [5, 5.41) is 0.912. The molecule has 0 saturated carbocycles. The maximum absolute atomic E-state index is 11.8. The molecule has 0 atom stereocenters. The van der Waals surface area contributed by atoms with E-state index in [4.69, 9.17) is 4.74 Å². The Morgan fingerprint density at radius 3 is 2.76 bits per heavy atom. The first-order chi connectivity index (χ1) is 10.0. The molecule has 118 valence electrons. The third-order valence-electron chi connectivity index (χ3n) is 3.95. The van der Waals surface area contributed by atoms with Crippen molar-refractivity contribution in [3.63, 3.8) is 0 Å². The minimum atomic E-state index is -0.315. The third-order valence-corrected chi connectivity index (χ3v) is 5.04. The van der Waals surface area contributed by atoms with Gasteiger partial charge in [0, 0.05) is 18.5 Å². The van der Waals surface area contributed by atoms with Gasteiger partial charge in [0.1, 0.15) is 0 Å². The highest BCUT2D eigenvalue weighted by molar-refractivity contribution is 7.15. The largest absolute Gasteiger partial charge is 0.461 e. The van der Waals surface area contributed by atoms with E-state index in [-0.39, 0.29) is 5.97 Å². The number of piperidine rings is 1. The summed E-state index contributed by atoms with van der Waals surface area (Å²) in [5.74, 6) is 0.395. The SMILES string of the molecule is CCOC(=O)c1nc(N(C)CC2CCN(C)CC2)sc1C. The lowest BCUT2D eigenvalue weighted by Gasteiger charge is -2.31. The fourth-order valence-corrected chi connectivity index (χ4v) is 3.51. The number of aryl methyl sites for hydroxylation is 1. The lowest BCUT2D eigenvalue weighted by atomic mass is 9.97. The van der Waals surface area contributed by atoms with E-state index in [0.717, 1.165) is 16.6 Å². The van der Waals surface area contributed by atoms with Gasteiger partial charge in [0.15, 0.2) is 10.8 Å². The van der Waals surface area contributed by atoms with Crippen molar-refractivity contribution in [3.8, 4) is 0 Å². The van der Waals surface area contributed by atoms with Crippen LogP contribution in [0.2, 0.25) is 0 Å². The Kier molecular flexibility index (Phi) is 5.58. The molecule has 1 aromatic heterocycles. The number of thiazole rings is 1. The second-order valence-corrected chi connectivity index (χ2v) is 6.93. The van der Waals surface area contributed by atoms with E-state index in [0.29, 0.717) is 18.2 Å². The number of rotatable bonds is 5. The number of aromatic nitrogens is 1. The first-order valence-electron chi connectivity index (χ1n) is 7.55. The van der Waals surface area contributed by atoms with Crippen LogP contribution in [-0.2, 0) is 4.74 Å². The number of hydrogen-bond donors (Lipinski definition) is 0. The lowest BCUT2D eigenvalue weighted by Crippen LogP contribution is -2.35. The molecule has 2 rings (SSSR count). The molecule has 0 N–H and O–H groups in total. The van der Waals surface area contributed by atoms with E-state index < -0.39 is 0 Å². The Balaban J connectivity index is 1.98. The first-order valence-corrected chi connectivity index (χ1v) is 8.37. The highest BCUT2D eigenvalue weighted by Gasteiger charge is 2.22. The number of esters is 1. The Labute approximate surface area is 130 Å². The minimum absolute atomic E-state index is 0.315. The molecule has 0 aromatic carbocycles. The number of ether oxygens (including phenoxy) is 1. The zero-order chi connectivity index (χ0) is 15.4. The van der Waals surface area contributed by atoms with Crippen LogP contribution < -0.4 is 4.90 Å². The molecular weight excluding hydrogens is 286 g/mol. The summed E-state index contributed by atoms with van der Waals surface area (Å²) >= 11 is 1.57. The van der Waals surface area contributed by atoms with Gasteiger partial charge in [0.25, 0.3) is 0 Å². The number of nitrogens with zero attached hydrogens (tertiary/aromatic N) is 3. The predicted octanol–water partition coefficient (Wildman–Crippen LogP) is 2.41. The van der Waals surface area contributed by atoms with Crippen molar-refractivity contribution >= 4 is 22.4 Å². The molecule has 1 aromatic rings. The predicted molar refractivity (Wildman–Crippen MR) is 86.3 cm³/mol. The number of likely N-dealkylation sites (tertiary alicyclic amines) is 1. The van der Waals surface area contributed by atoms with Crippen molar-refractivity contribution in [2.45, 2.75) is 26.7 Å². The molecule has 1 aliphatic heterocycles. The summed E-state index contributed by atoms with van der Waals surface area (Å²) in [6.45, 7) is 7.47. The molecule has 6 heteroatoms. The molecule has 0 amide bonds. The standard InChI is InChI=1S/C15H25N3O2S/c1-5-20-14(19)13-11(2)21-15(16-13)18(4)10-12-6-8-17(3)9-7-12/h12H,5-10H2,1-4H3. The van der Waals surface area contributed by atoms with Crippen LogP contribution in [0.4, 0.5) is 5.13 Å². The number of carbonyl (C=O) groups is 1. The highest BCUT2D eigenvalue weighted by Crippen LogP contribution is 2.27. The Morgan fingerprint density at radius 1 is 1.48 bits per heavy atom. The van der Waals surface area contributed by atoms with Gasteiger partial charge in [-0.05, 0) is 52.7 Å². The van der Waals surface area contributed by atoms with Crippen molar-refractivity contribution < 1.29 is 9.53 Å². The third kappa shape index (κ3) is 4.17. The molecule has 0 unspecified atom stereocenters. The molecule has 1 saturated heterocycles. The summed E-state index contributed by atoms with van der Waals surface area (Å²) in [6.07, 6.45) is 2.46. The van der Waals surface area contributed by atoms with Gasteiger partial charge in [0.2, 0.25) is 0 Å². The minimum Gasteiger partial charge on any atom is -0.461 e. The van der Waals surface area contributed by atoms with Crippen LogP contribution in [0.25, 0.3) is 0 Å². The van der Waals surface area contributed by atoms with Crippen LogP contribution >= 0.6 is 11.3 Å². The highest BCUT2D eigenvalue weighted by atomic mass is 32.1. The van der Waals surface area contributed by atoms with Crippen molar-refractivity contribution in [2.75, 3.05) is 45.2 Å². The molecule has 21 heavy (non-hydrogen) atoms. The maximum atomic E-state index is 11.8. The maximum Gasteiger partial charge on any atom is 0.358 e. The van der Waals surface area contributed by atoms with Crippen LogP contribution in [-0.4, -0.2) is 56.2 Å². The molecule has 0 aliphatic carbocycles. The van der Waals surface area contributed by atoms with E-state index in [9.17, 15) is 4.79 Å². The molecule has 2 heterocycles. The van der Waals surface area contributed by atoms with Crippen LogP contribution in [0.3, 0.4) is 0 Å². The van der Waals surface area contributed by atoms with Gasteiger partial charge in [-0.25, -0.2) is 9.78 Å². The van der Waals surface area contributed by atoms with E-state index in [1.165, 1.54) is 25.9 Å². The molecule has 0 spiro atoms. The van der Waals surface area contributed by atoms with Crippen molar-refractivity contribution in [1.82, 2.24) is 9.88 Å². The molecule has 5 nitrogen and oxygen atoms in total.